The summed E-state index contributed by atoms with van der Waals surface area (Å²) in [5, 5.41) is 11.2. The molecule has 1 aliphatic carbocycles. The number of aromatic amines is 1. The zero-order chi connectivity index (χ0) is 20.3. The van der Waals surface area contributed by atoms with Gasteiger partial charge in [0, 0.05) is 18.8 Å². The number of aliphatic carboxylic acids is 1. The predicted octanol–water partition coefficient (Wildman–Crippen LogP) is 3.77. The maximum atomic E-state index is 13.1. The highest BCUT2D eigenvalue weighted by atomic mass is 19.4. The quantitative estimate of drug-likeness (QED) is 0.646. The normalized spacial score (nSPS) is 14.4. The van der Waals surface area contributed by atoms with Crippen LogP contribution in [0.1, 0.15) is 42.7 Å². The Labute approximate surface area is 155 Å². The monoisotopic (exact) mass is 400 g/mol. The number of rotatable bonds is 4. The molecule has 4 rings (SSSR count). The van der Waals surface area contributed by atoms with Gasteiger partial charge in [-0.2, -0.15) is 18.2 Å². The second kappa shape index (κ2) is 7.95. The van der Waals surface area contributed by atoms with Crippen molar-refractivity contribution >= 4 is 17.0 Å². The molecule has 0 radical (unpaired) electrons. The van der Waals surface area contributed by atoms with E-state index in [0.717, 1.165) is 30.0 Å². The van der Waals surface area contributed by atoms with E-state index in [1.54, 1.807) is 6.07 Å². The van der Waals surface area contributed by atoms with Crippen molar-refractivity contribution in [3.8, 4) is 0 Å². The summed E-state index contributed by atoms with van der Waals surface area (Å²) in [7, 11) is 0. The minimum atomic E-state index is -5.08. The molecular weight excluding hydrogens is 384 g/mol. The number of nitrogens with zero attached hydrogens (tertiary/aromatic N) is 3. The lowest BCUT2D eigenvalue weighted by Crippen LogP contribution is -2.21. The predicted molar refractivity (Wildman–Crippen MR) is 88.0 cm³/mol. The summed E-state index contributed by atoms with van der Waals surface area (Å²) < 4.78 is 50.1. The molecule has 0 bridgehead atoms. The van der Waals surface area contributed by atoms with Crippen molar-refractivity contribution < 1.29 is 32.0 Å². The van der Waals surface area contributed by atoms with E-state index in [1.165, 1.54) is 18.6 Å². The highest BCUT2D eigenvalue weighted by Gasteiger charge is 2.38. The molecule has 2 heterocycles. The van der Waals surface area contributed by atoms with E-state index < -0.39 is 12.1 Å². The van der Waals surface area contributed by atoms with E-state index in [2.05, 4.69) is 20.1 Å². The Kier molecular flexibility index (Phi) is 5.61. The van der Waals surface area contributed by atoms with Crippen molar-refractivity contribution in [2.75, 3.05) is 0 Å². The number of aromatic nitrogens is 4. The van der Waals surface area contributed by atoms with E-state index in [1.807, 2.05) is 0 Å². The smallest absolute Gasteiger partial charge is 0.475 e. The van der Waals surface area contributed by atoms with Gasteiger partial charge in [0.25, 0.3) is 0 Å². The Morgan fingerprint density at radius 2 is 1.96 bits per heavy atom. The molecule has 1 saturated carbocycles. The van der Waals surface area contributed by atoms with Crippen LogP contribution in [-0.4, -0.2) is 37.4 Å². The summed E-state index contributed by atoms with van der Waals surface area (Å²) in [6.07, 6.45) is -0.197. The molecule has 1 fully saturated rings. The van der Waals surface area contributed by atoms with Gasteiger partial charge in [-0.15, -0.1) is 0 Å². The van der Waals surface area contributed by atoms with Gasteiger partial charge in [-0.1, -0.05) is 11.6 Å². The van der Waals surface area contributed by atoms with E-state index in [9.17, 15) is 17.6 Å². The van der Waals surface area contributed by atoms with Crippen molar-refractivity contribution in [1.29, 1.82) is 0 Å². The number of H-pyrrole nitrogens is 1. The SMILES string of the molecule is Fc1ccc2nc(CCc3nc(C4CCC4)no3)[nH]c2c1.O=C(O)C(F)(F)F. The van der Waals surface area contributed by atoms with Crippen LogP contribution in [0.25, 0.3) is 11.0 Å². The van der Waals surface area contributed by atoms with Crippen LogP contribution in [0.4, 0.5) is 17.6 Å². The molecule has 0 spiro atoms. The molecule has 2 aromatic heterocycles. The van der Waals surface area contributed by atoms with Gasteiger partial charge in [0.2, 0.25) is 5.89 Å². The highest BCUT2D eigenvalue weighted by molar-refractivity contribution is 5.75. The Morgan fingerprint density at radius 1 is 1.25 bits per heavy atom. The van der Waals surface area contributed by atoms with E-state index in [-0.39, 0.29) is 5.82 Å². The summed E-state index contributed by atoms with van der Waals surface area (Å²) in [5.41, 5.74) is 1.48. The Hall–Kier alpha value is -2.98. The lowest BCUT2D eigenvalue weighted by atomic mass is 9.85. The first-order valence-electron chi connectivity index (χ1n) is 8.49. The summed E-state index contributed by atoms with van der Waals surface area (Å²) in [6.45, 7) is 0. The lowest BCUT2D eigenvalue weighted by molar-refractivity contribution is -0.192. The third-order valence-corrected chi connectivity index (χ3v) is 4.27. The number of imidazole rings is 1. The number of carbonyl (C=O) groups is 1. The molecule has 0 saturated heterocycles. The molecule has 0 aliphatic heterocycles. The molecule has 11 heteroatoms. The number of carboxylic acids is 1. The molecule has 7 nitrogen and oxygen atoms in total. The maximum absolute atomic E-state index is 13.1. The van der Waals surface area contributed by atoms with Crippen LogP contribution in [-0.2, 0) is 17.6 Å². The van der Waals surface area contributed by atoms with Gasteiger partial charge in [-0.3, -0.25) is 0 Å². The summed E-state index contributed by atoms with van der Waals surface area (Å²) in [5.74, 6) is -0.255. The summed E-state index contributed by atoms with van der Waals surface area (Å²) >= 11 is 0. The topological polar surface area (TPSA) is 105 Å². The average Bonchev–Trinajstić information content (AvgIpc) is 3.17. The third kappa shape index (κ3) is 4.84. The Morgan fingerprint density at radius 3 is 2.57 bits per heavy atom. The number of fused-ring (bicyclic) bond motifs is 1. The maximum Gasteiger partial charge on any atom is 0.490 e. The van der Waals surface area contributed by atoms with Gasteiger partial charge in [-0.05, 0) is 31.0 Å². The van der Waals surface area contributed by atoms with Crippen molar-refractivity contribution in [3.05, 3.63) is 41.6 Å². The molecule has 3 aromatic rings. The standard InChI is InChI=1S/C15H15FN4O.C2HF3O2/c16-10-4-5-11-12(8-10)18-13(17-11)6-7-14-19-15(20-21-14)9-2-1-3-9;3-2(4,5)1(6)7/h4-5,8-9H,1-3,6-7H2,(H,17,18);(H,6,7). The minimum absolute atomic E-state index is 0.264. The molecule has 1 aromatic carbocycles. The Balaban J connectivity index is 0.000000279. The van der Waals surface area contributed by atoms with E-state index in [4.69, 9.17) is 14.4 Å². The number of hydrogen-bond donors (Lipinski definition) is 2. The van der Waals surface area contributed by atoms with Crippen molar-refractivity contribution in [2.24, 2.45) is 0 Å². The van der Waals surface area contributed by atoms with E-state index in [0.29, 0.717) is 30.2 Å². The third-order valence-electron chi connectivity index (χ3n) is 4.27. The number of halogens is 4. The van der Waals surface area contributed by atoms with Gasteiger partial charge in [-0.25, -0.2) is 14.2 Å². The first-order valence-corrected chi connectivity index (χ1v) is 8.49. The number of hydrogen-bond acceptors (Lipinski definition) is 5. The molecule has 1 aliphatic rings. The number of benzene rings is 1. The average molecular weight is 400 g/mol. The fourth-order valence-corrected chi connectivity index (χ4v) is 2.58. The number of nitrogens with one attached hydrogen (secondary N) is 1. The molecule has 0 unspecified atom stereocenters. The minimum Gasteiger partial charge on any atom is -0.475 e. The van der Waals surface area contributed by atoms with Crippen molar-refractivity contribution in [2.45, 2.75) is 44.2 Å². The fraction of sp³-hybridized carbons (Fsp3) is 0.412. The molecule has 0 amide bonds. The van der Waals surface area contributed by atoms with Crippen molar-refractivity contribution in [3.63, 3.8) is 0 Å². The number of aryl methyl sites for hydroxylation is 2. The van der Waals surface area contributed by atoms with Crippen LogP contribution in [0.15, 0.2) is 22.7 Å². The van der Waals surface area contributed by atoms with Gasteiger partial charge in [0.15, 0.2) is 5.82 Å². The zero-order valence-corrected chi connectivity index (χ0v) is 14.5. The first kappa shape index (κ1) is 19.8. The number of alkyl halides is 3. The van der Waals surface area contributed by atoms with Crippen LogP contribution < -0.4 is 0 Å². The van der Waals surface area contributed by atoms with Crippen LogP contribution in [0.2, 0.25) is 0 Å². The van der Waals surface area contributed by atoms with Crippen LogP contribution in [0.3, 0.4) is 0 Å². The number of carboxylic acid groups (broad SMARTS) is 1. The molecule has 28 heavy (non-hydrogen) atoms. The first-order chi connectivity index (χ1) is 13.2. The van der Waals surface area contributed by atoms with Gasteiger partial charge >= 0.3 is 12.1 Å². The summed E-state index contributed by atoms with van der Waals surface area (Å²) in [6, 6.07) is 4.54. The fourth-order valence-electron chi connectivity index (χ4n) is 2.58. The molecular formula is C17H16F4N4O3. The second-order valence-corrected chi connectivity index (χ2v) is 6.32. The van der Waals surface area contributed by atoms with Crippen LogP contribution in [0.5, 0.6) is 0 Å². The van der Waals surface area contributed by atoms with Gasteiger partial charge in [0.05, 0.1) is 11.0 Å². The molecule has 2 N–H and O–H groups in total. The van der Waals surface area contributed by atoms with E-state index >= 15 is 0 Å². The van der Waals surface area contributed by atoms with Crippen LogP contribution >= 0.6 is 0 Å². The Bertz CT molecular complexity index is 963. The van der Waals surface area contributed by atoms with Gasteiger partial charge < -0.3 is 14.6 Å². The lowest BCUT2D eigenvalue weighted by Gasteiger charge is -2.20. The van der Waals surface area contributed by atoms with Crippen molar-refractivity contribution in [1.82, 2.24) is 20.1 Å². The zero-order valence-electron chi connectivity index (χ0n) is 14.5. The van der Waals surface area contributed by atoms with Gasteiger partial charge in [0.1, 0.15) is 11.6 Å². The highest BCUT2D eigenvalue weighted by Crippen LogP contribution is 2.34. The van der Waals surface area contributed by atoms with Crippen LogP contribution in [0, 0.1) is 5.82 Å². The largest absolute Gasteiger partial charge is 0.490 e. The second-order valence-electron chi connectivity index (χ2n) is 6.32. The molecule has 0 atom stereocenters. The summed E-state index contributed by atoms with van der Waals surface area (Å²) in [4.78, 5) is 20.9. The molecule has 150 valence electrons.